The van der Waals surface area contributed by atoms with E-state index in [0.29, 0.717) is 5.82 Å². The second kappa shape index (κ2) is 5.40. The van der Waals surface area contributed by atoms with Crippen LogP contribution in [0.15, 0.2) is 18.2 Å². The highest BCUT2D eigenvalue weighted by Crippen LogP contribution is 2.35. The van der Waals surface area contributed by atoms with E-state index < -0.39 is 0 Å². The monoisotopic (exact) mass is 289 g/mol. The van der Waals surface area contributed by atoms with E-state index >= 15 is 0 Å². The van der Waals surface area contributed by atoms with Gasteiger partial charge in [0.05, 0.1) is 5.69 Å². The van der Waals surface area contributed by atoms with Gasteiger partial charge in [-0.25, -0.2) is 14.4 Å². The van der Waals surface area contributed by atoms with Crippen molar-refractivity contribution in [2.75, 3.05) is 11.9 Å². The van der Waals surface area contributed by atoms with Crippen molar-refractivity contribution in [3.05, 3.63) is 40.8 Å². The van der Waals surface area contributed by atoms with Crippen LogP contribution in [0, 0.1) is 12.7 Å². The molecule has 0 bridgehead atoms. The number of halogens is 1. The minimum absolute atomic E-state index is 0.255. The number of hydrogen-bond donors (Lipinski definition) is 1. The lowest BCUT2D eigenvalue weighted by molar-refractivity contribution is 0.627. The van der Waals surface area contributed by atoms with Crippen molar-refractivity contribution in [3.8, 4) is 11.4 Å². The molecule has 0 radical (unpaired) electrons. The molecule has 3 nitrogen and oxygen atoms in total. The molecule has 0 atom stereocenters. The number of nitrogens with zero attached hydrogens (tertiary/aromatic N) is 2. The van der Waals surface area contributed by atoms with E-state index in [4.69, 9.17) is 0 Å². The SMILES string of the molecule is CCNc1nc(-c2cc(F)ccc2C)nc2c1CSC2. The molecule has 0 aliphatic carbocycles. The molecule has 0 spiro atoms. The third-order valence-corrected chi connectivity index (χ3v) is 4.33. The van der Waals surface area contributed by atoms with Crippen molar-refractivity contribution < 1.29 is 4.39 Å². The van der Waals surface area contributed by atoms with Crippen molar-refractivity contribution in [3.63, 3.8) is 0 Å². The first-order valence-corrected chi connectivity index (χ1v) is 7.82. The van der Waals surface area contributed by atoms with Crippen molar-refractivity contribution in [2.45, 2.75) is 25.4 Å². The summed E-state index contributed by atoms with van der Waals surface area (Å²) in [7, 11) is 0. The Morgan fingerprint density at radius 1 is 1.30 bits per heavy atom. The number of anilines is 1. The molecule has 1 aliphatic heterocycles. The Morgan fingerprint density at radius 2 is 2.15 bits per heavy atom. The molecule has 0 amide bonds. The van der Waals surface area contributed by atoms with Crippen LogP contribution in [-0.4, -0.2) is 16.5 Å². The van der Waals surface area contributed by atoms with Gasteiger partial charge >= 0.3 is 0 Å². The van der Waals surface area contributed by atoms with Crippen LogP contribution < -0.4 is 5.32 Å². The van der Waals surface area contributed by atoms with Gasteiger partial charge in [-0.3, -0.25) is 0 Å². The molecule has 3 rings (SSSR count). The fourth-order valence-corrected chi connectivity index (χ4v) is 3.36. The average molecular weight is 289 g/mol. The maximum Gasteiger partial charge on any atom is 0.162 e. The van der Waals surface area contributed by atoms with Gasteiger partial charge in [-0.05, 0) is 31.5 Å². The Morgan fingerprint density at radius 3 is 2.95 bits per heavy atom. The molecule has 1 aliphatic rings. The quantitative estimate of drug-likeness (QED) is 0.933. The summed E-state index contributed by atoms with van der Waals surface area (Å²) in [6.45, 7) is 4.81. The number of nitrogens with one attached hydrogen (secondary N) is 1. The normalized spacial score (nSPS) is 13.3. The van der Waals surface area contributed by atoms with E-state index in [1.165, 1.54) is 17.7 Å². The predicted molar refractivity (Wildman–Crippen MR) is 81.3 cm³/mol. The fourth-order valence-electron chi connectivity index (χ4n) is 2.32. The number of aromatic nitrogens is 2. The van der Waals surface area contributed by atoms with Gasteiger partial charge in [0, 0.05) is 29.2 Å². The van der Waals surface area contributed by atoms with Gasteiger partial charge in [0.2, 0.25) is 0 Å². The molecule has 2 aromatic rings. The van der Waals surface area contributed by atoms with E-state index in [2.05, 4.69) is 15.3 Å². The highest BCUT2D eigenvalue weighted by molar-refractivity contribution is 7.98. The largest absolute Gasteiger partial charge is 0.370 e. The lowest BCUT2D eigenvalue weighted by Crippen LogP contribution is -2.07. The Hall–Kier alpha value is -1.62. The molecule has 104 valence electrons. The van der Waals surface area contributed by atoms with E-state index in [-0.39, 0.29) is 5.82 Å². The standard InChI is InChI=1S/C15H16FN3S/c1-3-17-14-12-7-20-8-13(12)18-15(19-14)11-6-10(16)5-4-9(11)2/h4-6H,3,7-8H2,1-2H3,(H,17,18,19). The first-order chi connectivity index (χ1) is 9.69. The smallest absolute Gasteiger partial charge is 0.162 e. The molecule has 0 saturated carbocycles. The summed E-state index contributed by atoms with van der Waals surface area (Å²) >= 11 is 1.84. The highest BCUT2D eigenvalue weighted by atomic mass is 32.2. The number of rotatable bonds is 3. The Labute approximate surface area is 122 Å². The van der Waals surface area contributed by atoms with E-state index in [1.54, 1.807) is 6.07 Å². The molecule has 20 heavy (non-hydrogen) atoms. The second-order valence-electron chi connectivity index (χ2n) is 4.80. The average Bonchev–Trinajstić information content (AvgIpc) is 2.90. The molecular formula is C15H16FN3S. The fraction of sp³-hybridized carbons (Fsp3) is 0.333. The van der Waals surface area contributed by atoms with Crippen LogP contribution in [0.3, 0.4) is 0 Å². The zero-order valence-electron chi connectivity index (χ0n) is 11.5. The molecule has 2 heterocycles. The minimum atomic E-state index is -0.255. The maximum atomic E-state index is 13.5. The van der Waals surface area contributed by atoms with Crippen molar-refractivity contribution >= 4 is 17.6 Å². The first kappa shape index (κ1) is 13.4. The molecule has 5 heteroatoms. The molecule has 0 fully saturated rings. The molecule has 0 unspecified atom stereocenters. The van der Waals surface area contributed by atoms with Crippen molar-refractivity contribution in [2.24, 2.45) is 0 Å². The third-order valence-electron chi connectivity index (χ3n) is 3.36. The van der Waals surface area contributed by atoms with Crippen LogP contribution in [0.25, 0.3) is 11.4 Å². The van der Waals surface area contributed by atoms with E-state index in [0.717, 1.165) is 40.7 Å². The summed E-state index contributed by atoms with van der Waals surface area (Å²) in [5.41, 5.74) is 4.01. The maximum absolute atomic E-state index is 13.5. The van der Waals surface area contributed by atoms with Gasteiger partial charge in [0.1, 0.15) is 11.6 Å². The first-order valence-electron chi connectivity index (χ1n) is 6.67. The number of benzene rings is 1. The summed E-state index contributed by atoms with van der Waals surface area (Å²) in [6, 6.07) is 4.74. The molecular weight excluding hydrogens is 273 g/mol. The lowest BCUT2D eigenvalue weighted by atomic mass is 10.1. The van der Waals surface area contributed by atoms with Crippen LogP contribution in [0.1, 0.15) is 23.7 Å². The number of hydrogen-bond acceptors (Lipinski definition) is 4. The zero-order valence-corrected chi connectivity index (χ0v) is 12.4. The van der Waals surface area contributed by atoms with Crippen LogP contribution in [0.2, 0.25) is 0 Å². The van der Waals surface area contributed by atoms with Gasteiger partial charge in [-0.1, -0.05) is 6.07 Å². The van der Waals surface area contributed by atoms with Gasteiger partial charge in [0.15, 0.2) is 5.82 Å². The van der Waals surface area contributed by atoms with Gasteiger partial charge in [-0.15, -0.1) is 0 Å². The summed E-state index contributed by atoms with van der Waals surface area (Å²) in [6.07, 6.45) is 0. The molecule has 0 saturated heterocycles. The van der Waals surface area contributed by atoms with Crippen LogP contribution >= 0.6 is 11.8 Å². The predicted octanol–water partition coefficient (Wildman–Crippen LogP) is 3.77. The second-order valence-corrected chi connectivity index (χ2v) is 5.79. The number of aryl methyl sites for hydroxylation is 1. The summed E-state index contributed by atoms with van der Waals surface area (Å²) in [5.74, 6) is 3.09. The summed E-state index contributed by atoms with van der Waals surface area (Å²) in [5, 5.41) is 3.29. The number of fused-ring (bicyclic) bond motifs is 1. The van der Waals surface area contributed by atoms with Crippen molar-refractivity contribution in [1.29, 1.82) is 0 Å². The van der Waals surface area contributed by atoms with Crippen LogP contribution in [0.5, 0.6) is 0 Å². The van der Waals surface area contributed by atoms with Gasteiger partial charge < -0.3 is 5.32 Å². The van der Waals surface area contributed by atoms with Crippen molar-refractivity contribution in [1.82, 2.24) is 9.97 Å². The lowest BCUT2D eigenvalue weighted by Gasteiger charge is -2.12. The third kappa shape index (κ3) is 2.38. The van der Waals surface area contributed by atoms with E-state index in [1.807, 2.05) is 25.6 Å². The summed E-state index contributed by atoms with van der Waals surface area (Å²) < 4.78 is 13.5. The zero-order chi connectivity index (χ0) is 14.1. The Balaban J connectivity index is 2.14. The summed E-state index contributed by atoms with van der Waals surface area (Å²) in [4.78, 5) is 9.23. The van der Waals surface area contributed by atoms with Gasteiger partial charge in [-0.2, -0.15) is 11.8 Å². The van der Waals surface area contributed by atoms with Crippen LogP contribution in [-0.2, 0) is 11.5 Å². The number of thioether (sulfide) groups is 1. The Kier molecular flexibility index (Phi) is 3.61. The molecule has 1 N–H and O–H groups in total. The minimum Gasteiger partial charge on any atom is -0.370 e. The topological polar surface area (TPSA) is 37.8 Å². The van der Waals surface area contributed by atoms with E-state index in [9.17, 15) is 4.39 Å². The Bertz CT molecular complexity index is 658. The van der Waals surface area contributed by atoms with Crippen LogP contribution in [0.4, 0.5) is 10.2 Å². The van der Waals surface area contributed by atoms with Gasteiger partial charge in [0.25, 0.3) is 0 Å². The molecule has 1 aromatic heterocycles. The molecule has 1 aromatic carbocycles. The highest BCUT2D eigenvalue weighted by Gasteiger charge is 2.20.